The Morgan fingerprint density at radius 3 is 2.60 bits per heavy atom. The van der Waals surface area contributed by atoms with Crippen LogP contribution in [0.15, 0.2) is 18.2 Å². The summed E-state index contributed by atoms with van der Waals surface area (Å²) in [6, 6.07) is 4.38. The van der Waals surface area contributed by atoms with Crippen molar-refractivity contribution in [1.29, 1.82) is 0 Å². The molecule has 1 aromatic rings. The Balaban J connectivity index is 3.10. The number of ether oxygens (including phenoxy) is 1. The summed E-state index contributed by atoms with van der Waals surface area (Å²) < 4.78 is 4.81. The Bertz CT molecular complexity index is 396. The maximum absolute atomic E-state index is 11.4. The van der Waals surface area contributed by atoms with Gasteiger partial charge < -0.3 is 9.84 Å². The fourth-order valence-electron chi connectivity index (χ4n) is 1.18. The second-order valence-corrected chi connectivity index (χ2v) is 3.06. The minimum atomic E-state index is -1.06. The van der Waals surface area contributed by atoms with Gasteiger partial charge in [-0.1, -0.05) is 6.07 Å². The smallest absolute Gasteiger partial charge is 0.338 e. The van der Waals surface area contributed by atoms with E-state index < -0.39 is 11.9 Å². The van der Waals surface area contributed by atoms with E-state index in [2.05, 4.69) is 0 Å². The maximum atomic E-state index is 11.4. The van der Waals surface area contributed by atoms with Crippen LogP contribution in [0.5, 0.6) is 0 Å². The number of carboxylic acid groups (broad SMARTS) is 1. The van der Waals surface area contributed by atoms with Crippen LogP contribution in [0, 0.1) is 6.92 Å². The van der Waals surface area contributed by atoms with Gasteiger partial charge in [-0.15, -0.1) is 0 Å². The summed E-state index contributed by atoms with van der Waals surface area (Å²) in [6.45, 7) is 3.71. The number of esters is 1. The van der Waals surface area contributed by atoms with E-state index in [0.717, 1.165) is 0 Å². The summed E-state index contributed by atoms with van der Waals surface area (Å²) in [5, 5.41) is 8.76. The SMILES string of the molecule is CCOC(=O)c1cc(C(=O)O)ccc1C. The van der Waals surface area contributed by atoms with Crippen LogP contribution in [0.4, 0.5) is 0 Å². The molecule has 0 spiro atoms. The molecular formula is C11H12O4. The fourth-order valence-corrected chi connectivity index (χ4v) is 1.18. The van der Waals surface area contributed by atoms with Gasteiger partial charge in [-0.3, -0.25) is 0 Å². The van der Waals surface area contributed by atoms with E-state index in [4.69, 9.17) is 9.84 Å². The molecule has 0 aliphatic heterocycles. The maximum Gasteiger partial charge on any atom is 0.338 e. The van der Waals surface area contributed by atoms with Crippen LogP contribution >= 0.6 is 0 Å². The van der Waals surface area contributed by atoms with Crippen LogP contribution < -0.4 is 0 Å². The average molecular weight is 208 g/mol. The van der Waals surface area contributed by atoms with E-state index in [1.54, 1.807) is 19.9 Å². The van der Waals surface area contributed by atoms with Crippen molar-refractivity contribution in [1.82, 2.24) is 0 Å². The molecule has 15 heavy (non-hydrogen) atoms. The predicted octanol–water partition coefficient (Wildman–Crippen LogP) is 1.87. The van der Waals surface area contributed by atoms with Crippen molar-refractivity contribution in [3.05, 3.63) is 34.9 Å². The molecule has 0 saturated carbocycles. The molecule has 0 amide bonds. The van der Waals surface area contributed by atoms with Gasteiger partial charge in [0.15, 0.2) is 0 Å². The van der Waals surface area contributed by atoms with E-state index in [0.29, 0.717) is 11.1 Å². The highest BCUT2D eigenvalue weighted by Crippen LogP contribution is 2.12. The summed E-state index contributed by atoms with van der Waals surface area (Å²) in [6.07, 6.45) is 0. The monoisotopic (exact) mass is 208 g/mol. The Hall–Kier alpha value is -1.84. The molecule has 0 atom stereocenters. The lowest BCUT2D eigenvalue weighted by Crippen LogP contribution is -2.08. The molecule has 0 saturated heterocycles. The molecule has 0 radical (unpaired) electrons. The van der Waals surface area contributed by atoms with Crippen molar-refractivity contribution >= 4 is 11.9 Å². The van der Waals surface area contributed by atoms with Crippen LogP contribution in [0.2, 0.25) is 0 Å². The first-order valence-corrected chi connectivity index (χ1v) is 4.57. The number of aromatic carboxylic acids is 1. The molecule has 0 fully saturated rings. The highest BCUT2D eigenvalue weighted by molar-refractivity contribution is 5.95. The number of carboxylic acids is 1. The average Bonchev–Trinajstić information content (AvgIpc) is 2.18. The van der Waals surface area contributed by atoms with Gasteiger partial charge in [0, 0.05) is 0 Å². The Morgan fingerprint density at radius 2 is 2.07 bits per heavy atom. The van der Waals surface area contributed by atoms with Crippen molar-refractivity contribution in [2.45, 2.75) is 13.8 Å². The molecule has 4 nitrogen and oxygen atoms in total. The Kier molecular flexibility index (Phi) is 3.44. The zero-order chi connectivity index (χ0) is 11.4. The third-order valence-corrected chi connectivity index (χ3v) is 1.98. The molecule has 1 aromatic carbocycles. The van der Waals surface area contributed by atoms with Gasteiger partial charge in [0.2, 0.25) is 0 Å². The van der Waals surface area contributed by atoms with Crippen LogP contribution in [0.25, 0.3) is 0 Å². The third-order valence-electron chi connectivity index (χ3n) is 1.98. The third kappa shape index (κ3) is 2.56. The standard InChI is InChI=1S/C11H12O4/c1-3-15-11(14)9-6-8(10(12)13)5-4-7(9)2/h4-6H,3H2,1-2H3,(H,12,13). The van der Waals surface area contributed by atoms with Crippen LogP contribution in [-0.2, 0) is 4.74 Å². The highest BCUT2D eigenvalue weighted by atomic mass is 16.5. The van der Waals surface area contributed by atoms with E-state index in [-0.39, 0.29) is 12.2 Å². The normalized spacial score (nSPS) is 9.73. The first kappa shape index (κ1) is 11.2. The highest BCUT2D eigenvalue weighted by Gasteiger charge is 2.13. The van der Waals surface area contributed by atoms with Gasteiger partial charge in [0.25, 0.3) is 0 Å². The van der Waals surface area contributed by atoms with Crippen LogP contribution in [-0.4, -0.2) is 23.7 Å². The first-order valence-electron chi connectivity index (χ1n) is 4.57. The van der Waals surface area contributed by atoms with Crippen molar-refractivity contribution in [2.24, 2.45) is 0 Å². The fraction of sp³-hybridized carbons (Fsp3) is 0.273. The van der Waals surface area contributed by atoms with Gasteiger partial charge >= 0.3 is 11.9 Å². The quantitative estimate of drug-likeness (QED) is 0.770. The Morgan fingerprint density at radius 1 is 1.40 bits per heavy atom. The van der Waals surface area contributed by atoms with Crippen molar-refractivity contribution in [3.63, 3.8) is 0 Å². The Labute approximate surface area is 87.5 Å². The van der Waals surface area contributed by atoms with Gasteiger partial charge in [0.05, 0.1) is 17.7 Å². The summed E-state index contributed by atoms with van der Waals surface area (Å²) >= 11 is 0. The minimum absolute atomic E-state index is 0.0867. The van der Waals surface area contributed by atoms with Crippen molar-refractivity contribution in [2.75, 3.05) is 6.61 Å². The topological polar surface area (TPSA) is 63.6 Å². The van der Waals surface area contributed by atoms with Gasteiger partial charge in [0.1, 0.15) is 0 Å². The number of carbonyl (C=O) groups is 2. The lowest BCUT2D eigenvalue weighted by molar-refractivity contribution is 0.0525. The largest absolute Gasteiger partial charge is 0.478 e. The molecule has 1 rings (SSSR count). The summed E-state index contributed by atoms with van der Waals surface area (Å²) in [4.78, 5) is 22.1. The predicted molar refractivity (Wildman–Crippen MR) is 54.1 cm³/mol. The van der Waals surface area contributed by atoms with Gasteiger partial charge in [-0.2, -0.15) is 0 Å². The second kappa shape index (κ2) is 4.59. The van der Waals surface area contributed by atoms with Crippen molar-refractivity contribution in [3.8, 4) is 0 Å². The first-order chi connectivity index (χ1) is 7.06. The van der Waals surface area contributed by atoms with Crippen LogP contribution in [0.3, 0.4) is 0 Å². The molecule has 0 heterocycles. The zero-order valence-electron chi connectivity index (χ0n) is 8.61. The summed E-state index contributed by atoms with van der Waals surface area (Å²) in [5.74, 6) is -1.54. The van der Waals surface area contributed by atoms with Crippen molar-refractivity contribution < 1.29 is 19.4 Å². The van der Waals surface area contributed by atoms with Crippen LogP contribution in [0.1, 0.15) is 33.2 Å². The number of carbonyl (C=O) groups excluding carboxylic acids is 1. The minimum Gasteiger partial charge on any atom is -0.478 e. The van der Waals surface area contributed by atoms with Gasteiger partial charge in [-0.05, 0) is 31.5 Å². The van der Waals surface area contributed by atoms with Gasteiger partial charge in [-0.25, -0.2) is 9.59 Å². The molecule has 0 aliphatic rings. The van der Waals surface area contributed by atoms with E-state index in [1.165, 1.54) is 12.1 Å². The molecule has 1 N–H and O–H groups in total. The number of benzene rings is 1. The van der Waals surface area contributed by atoms with E-state index in [1.807, 2.05) is 0 Å². The zero-order valence-corrected chi connectivity index (χ0v) is 8.61. The lowest BCUT2D eigenvalue weighted by atomic mass is 10.1. The lowest BCUT2D eigenvalue weighted by Gasteiger charge is -2.05. The molecular weight excluding hydrogens is 196 g/mol. The molecule has 0 bridgehead atoms. The van der Waals surface area contributed by atoms with E-state index in [9.17, 15) is 9.59 Å². The number of aryl methyl sites for hydroxylation is 1. The molecule has 0 aromatic heterocycles. The number of rotatable bonds is 3. The number of hydrogen-bond acceptors (Lipinski definition) is 3. The molecule has 80 valence electrons. The summed E-state index contributed by atoms with van der Waals surface area (Å²) in [7, 11) is 0. The second-order valence-electron chi connectivity index (χ2n) is 3.06. The van der Waals surface area contributed by atoms with E-state index >= 15 is 0 Å². The molecule has 0 unspecified atom stereocenters. The summed E-state index contributed by atoms with van der Waals surface area (Å²) in [5.41, 5.74) is 1.10. The molecule has 0 aliphatic carbocycles. The molecule has 4 heteroatoms. The number of hydrogen-bond donors (Lipinski definition) is 1.